The molecule has 3 aromatic carbocycles. The molecule has 12 heteroatoms. The largest absolute Gasteiger partial charge is 0.489 e. The van der Waals surface area contributed by atoms with E-state index in [4.69, 9.17) is 9.47 Å². The predicted molar refractivity (Wildman–Crippen MR) is 129 cm³/mol. The van der Waals surface area contributed by atoms with E-state index in [1.807, 2.05) is 30.3 Å². The van der Waals surface area contributed by atoms with Crippen LogP contribution in [0.25, 0.3) is 0 Å². The molecule has 0 radical (unpaired) electrons. The van der Waals surface area contributed by atoms with Crippen molar-refractivity contribution in [3.05, 3.63) is 109 Å². The van der Waals surface area contributed by atoms with E-state index in [-0.39, 0.29) is 36.6 Å². The van der Waals surface area contributed by atoms with Crippen LogP contribution in [0.15, 0.2) is 66.7 Å². The maximum Gasteiger partial charge on any atom is 0.345 e. The van der Waals surface area contributed by atoms with Gasteiger partial charge < -0.3 is 14.2 Å². The number of hydrogen-bond acceptors (Lipinski definition) is 9. The van der Waals surface area contributed by atoms with E-state index in [0.29, 0.717) is 11.8 Å². The standard InChI is InChI=1S/C16H15NO5.C9H8FNO4/c1-2-21-16(18)14-9-8-13(10-15(14)17(19)20)22-11-12-6-4-3-5-7-12;1-2-15-9(12)7-4-3-6(10)5-8(7)11(13)14/h3-10H,2,11H2,1H3;3-5H,2H2,1H3. The molecule has 0 spiro atoms. The van der Waals surface area contributed by atoms with Gasteiger partial charge in [0.05, 0.1) is 35.2 Å². The highest BCUT2D eigenvalue weighted by atomic mass is 19.1. The fraction of sp³-hybridized carbons (Fsp3) is 0.200. The minimum Gasteiger partial charge on any atom is -0.489 e. The lowest BCUT2D eigenvalue weighted by Gasteiger charge is -2.08. The third kappa shape index (κ3) is 8.38. The van der Waals surface area contributed by atoms with Gasteiger partial charge in [-0.1, -0.05) is 30.3 Å². The molecule has 37 heavy (non-hydrogen) atoms. The molecule has 0 N–H and O–H groups in total. The number of ether oxygens (including phenoxy) is 3. The number of hydrogen-bond donors (Lipinski definition) is 0. The average molecular weight is 514 g/mol. The topological polar surface area (TPSA) is 148 Å². The zero-order chi connectivity index (χ0) is 27.4. The quantitative estimate of drug-likeness (QED) is 0.212. The second-order valence-electron chi connectivity index (χ2n) is 7.07. The lowest BCUT2D eigenvalue weighted by Crippen LogP contribution is -2.08. The first-order valence-electron chi connectivity index (χ1n) is 10.9. The molecule has 0 atom stereocenters. The Morgan fingerprint density at radius 2 is 1.30 bits per heavy atom. The molecule has 0 aliphatic rings. The van der Waals surface area contributed by atoms with Gasteiger partial charge in [-0.25, -0.2) is 14.0 Å². The maximum absolute atomic E-state index is 12.7. The van der Waals surface area contributed by atoms with Gasteiger partial charge in [0.15, 0.2) is 0 Å². The van der Waals surface area contributed by atoms with Crippen LogP contribution >= 0.6 is 0 Å². The van der Waals surface area contributed by atoms with Crippen LogP contribution in [0.2, 0.25) is 0 Å². The van der Waals surface area contributed by atoms with Crippen LogP contribution in [0.3, 0.4) is 0 Å². The molecule has 0 saturated carbocycles. The smallest absolute Gasteiger partial charge is 0.345 e. The van der Waals surface area contributed by atoms with E-state index in [1.165, 1.54) is 18.2 Å². The zero-order valence-electron chi connectivity index (χ0n) is 19.9. The van der Waals surface area contributed by atoms with E-state index in [0.717, 1.165) is 17.7 Å². The second-order valence-corrected chi connectivity index (χ2v) is 7.07. The van der Waals surface area contributed by atoms with Crippen molar-refractivity contribution < 1.29 is 38.0 Å². The highest BCUT2D eigenvalue weighted by molar-refractivity contribution is 5.94. The van der Waals surface area contributed by atoms with Crippen molar-refractivity contribution in [2.24, 2.45) is 0 Å². The Labute approximate surface area is 210 Å². The Morgan fingerprint density at radius 3 is 1.81 bits per heavy atom. The normalized spacial score (nSPS) is 9.92. The molecule has 0 amide bonds. The molecule has 0 unspecified atom stereocenters. The number of carbonyl (C=O) groups excluding carboxylic acids is 2. The fourth-order valence-corrected chi connectivity index (χ4v) is 2.91. The molecular weight excluding hydrogens is 491 g/mol. The summed E-state index contributed by atoms with van der Waals surface area (Å²) in [7, 11) is 0. The summed E-state index contributed by atoms with van der Waals surface area (Å²) >= 11 is 0. The van der Waals surface area contributed by atoms with Crippen molar-refractivity contribution in [2.45, 2.75) is 20.5 Å². The first kappa shape index (κ1) is 28.4. The monoisotopic (exact) mass is 514 g/mol. The Balaban J connectivity index is 0.000000281. The Bertz CT molecular complexity index is 1270. The van der Waals surface area contributed by atoms with Crippen molar-refractivity contribution in [1.82, 2.24) is 0 Å². The summed E-state index contributed by atoms with van der Waals surface area (Å²) in [6.45, 7) is 3.76. The van der Waals surface area contributed by atoms with Crippen molar-refractivity contribution in [3.63, 3.8) is 0 Å². The van der Waals surface area contributed by atoms with Crippen LogP contribution in [0.4, 0.5) is 15.8 Å². The first-order valence-corrected chi connectivity index (χ1v) is 10.9. The van der Waals surface area contributed by atoms with Gasteiger partial charge in [0.2, 0.25) is 0 Å². The highest BCUT2D eigenvalue weighted by Gasteiger charge is 2.23. The number of halogens is 1. The van der Waals surface area contributed by atoms with Crippen molar-refractivity contribution >= 4 is 23.3 Å². The number of carbonyl (C=O) groups is 2. The average Bonchev–Trinajstić information content (AvgIpc) is 2.88. The van der Waals surface area contributed by atoms with Crippen LogP contribution in [0, 0.1) is 26.0 Å². The van der Waals surface area contributed by atoms with E-state index >= 15 is 0 Å². The van der Waals surface area contributed by atoms with Gasteiger partial charge in [-0.15, -0.1) is 0 Å². The lowest BCUT2D eigenvalue weighted by atomic mass is 10.1. The minimum atomic E-state index is -0.829. The van der Waals surface area contributed by atoms with Gasteiger partial charge in [-0.2, -0.15) is 0 Å². The van der Waals surface area contributed by atoms with Gasteiger partial charge in [-0.3, -0.25) is 20.2 Å². The summed E-state index contributed by atoms with van der Waals surface area (Å²) in [4.78, 5) is 43.1. The van der Waals surface area contributed by atoms with Crippen molar-refractivity contribution in [2.75, 3.05) is 13.2 Å². The third-order valence-electron chi connectivity index (χ3n) is 4.56. The molecule has 0 aliphatic carbocycles. The van der Waals surface area contributed by atoms with Gasteiger partial charge in [-0.05, 0) is 43.7 Å². The summed E-state index contributed by atoms with van der Waals surface area (Å²) < 4.78 is 27.6. The van der Waals surface area contributed by atoms with Gasteiger partial charge >= 0.3 is 11.9 Å². The van der Waals surface area contributed by atoms with Gasteiger partial charge in [0, 0.05) is 0 Å². The number of nitrogens with zero attached hydrogens (tertiary/aromatic N) is 2. The lowest BCUT2D eigenvalue weighted by molar-refractivity contribution is -0.385. The minimum absolute atomic E-state index is 0.0843. The molecule has 194 valence electrons. The Morgan fingerprint density at radius 1 is 0.784 bits per heavy atom. The van der Waals surface area contributed by atoms with E-state index in [1.54, 1.807) is 13.8 Å². The van der Waals surface area contributed by atoms with E-state index in [9.17, 15) is 34.2 Å². The van der Waals surface area contributed by atoms with Gasteiger partial charge in [0.1, 0.15) is 29.3 Å². The molecule has 11 nitrogen and oxygen atoms in total. The van der Waals surface area contributed by atoms with Crippen LogP contribution in [0.1, 0.15) is 40.1 Å². The van der Waals surface area contributed by atoms with Crippen molar-refractivity contribution in [1.29, 1.82) is 0 Å². The van der Waals surface area contributed by atoms with E-state index in [2.05, 4.69) is 4.74 Å². The molecule has 0 saturated heterocycles. The number of nitro benzene ring substituents is 2. The number of esters is 2. The van der Waals surface area contributed by atoms with Crippen LogP contribution in [-0.2, 0) is 16.1 Å². The molecule has 0 heterocycles. The summed E-state index contributed by atoms with van der Waals surface area (Å²) in [5.41, 5.74) is -0.306. The van der Waals surface area contributed by atoms with Crippen molar-refractivity contribution in [3.8, 4) is 5.75 Å². The molecule has 3 aromatic rings. The highest BCUT2D eigenvalue weighted by Crippen LogP contribution is 2.26. The summed E-state index contributed by atoms with van der Waals surface area (Å²) in [6.07, 6.45) is 0. The molecule has 0 aliphatic heterocycles. The Hall–Kier alpha value is -4.87. The number of rotatable bonds is 9. The van der Waals surface area contributed by atoms with Crippen LogP contribution < -0.4 is 4.74 Å². The SMILES string of the molecule is CCOC(=O)c1ccc(F)cc1[N+](=O)[O-].CCOC(=O)c1ccc(OCc2ccccc2)cc1[N+](=O)[O-]. The second kappa shape index (κ2) is 13.9. The number of nitro groups is 2. The van der Waals surface area contributed by atoms with Gasteiger partial charge in [0.25, 0.3) is 11.4 Å². The first-order chi connectivity index (χ1) is 17.7. The zero-order valence-corrected chi connectivity index (χ0v) is 19.9. The summed E-state index contributed by atoms with van der Waals surface area (Å²) in [5.74, 6) is -1.99. The predicted octanol–water partition coefficient (Wildman–Crippen LogP) is 5.26. The molecule has 0 bridgehead atoms. The van der Waals surface area contributed by atoms with Crippen LogP contribution in [-0.4, -0.2) is 35.0 Å². The molecular formula is C25H23FN2O9. The third-order valence-corrected chi connectivity index (χ3v) is 4.56. The fourth-order valence-electron chi connectivity index (χ4n) is 2.91. The molecule has 0 aromatic heterocycles. The summed E-state index contributed by atoms with van der Waals surface area (Å²) in [6, 6.07) is 16.2. The van der Waals surface area contributed by atoms with Crippen LogP contribution in [0.5, 0.6) is 5.75 Å². The molecule has 0 fully saturated rings. The molecule has 3 rings (SSSR count). The maximum atomic E-state index is 12.7. The summed E-state index contributed by atoms with van der Waals surface area (Å²) in [5, 5.41) is 21.6. The van der Waals surface area contributed by atoms with E-state index < -0.39 is 33.3 Å². The Kier molecular flexibility index (Phi) is 10.6. The number of benzene rings is 3.